The average Bonchev–Trinajstić information content (AvgIpc) is 1.81. The lowest BCUT2D eigenvalue weighted by molar-refractivity contribution is -0.142. The van der Waals surface area contributed by atoms with Crippen LogP contribution in [0.3, 0.4) is 0 Å². The van der Waals surface area contributed by atoms with Gasteiger partial charge in [0.2, 0.25) is 11.8 Å². The van der Waals surface area contributed by atoms with Crippen molar-refractivity contribution in [3.05, 3.63) is 135 Å². The number of aliphatic hydroxyl groups is 2. The maximum atomic E-state index is 14.9. The highest BCUT2D eigenvalue weighted by Crippen LogP contribution is 2.53. The van der Waals surface area contributed by atoms with Crippen LogP contribution in [0, 0.1) is 19.8 Å². The van der Waals surface area contributed by atoms with E-state index in [0.717, 1.165) is 73.1 Å². The molecule has 3 aliphatic rings. The van der Waals surface area contributed by atoms with E-state index < -0.39 is 41.6 Å². The fraction of sp³-hybridized carbons (Fsp3) is 0.375. The van der Waals surface area contributed by atoms with Crippen molar-refractivity contribution in [3.8, 4) is 33.3 Å². The standard InChI is InChI=1S/C64H68N14O8S/c1-32(2)56(63(83)77-27-40(80)24-50(77)61(81)71-49(29-79)38-11-13-39(14-12-38)58-34(4)68-31-87-58)78-28-46-42-15-8-36(23-48(42)70-62(82)55(46)75-78)30-85-57-52(51-33(3)7-16-47-45(51)26-69-74-47)43(37-9-10-37)25-44-54(57)72-64(86-41-17-21-84-22-18-41)73-60(44)76(6)35(5)53-59(65)67-20-19-66-53/h7-8,11-16,19-20,23,25-26,28,31-32,35,37,40-41,49-50,56,79-80H,9-10,17-18,21-22,24,27,29-30H2,1-6H3,(H2,65,67)(H,69,74)(H,70,82)(H,71,81)/t35-,40-,49+,50+,56?/m1/s1. The number of nitrogen functional groups attached to an aromatic ring is 1. The molecule has 87 heavy (non-hydrogen) atoms. The third-order valence-corrected chi connectivity index (χ3v) is 18.3. The third kappa shape index (κ3) is 10.9. The summed E-state index contributed by atoms with van der Waals surface area (Å²) >= 11 is 1.53. The summed E-state index contributed by atoms with van der Waals surface area (Å²) in [6.07, 6.45) is 8.92. The molecule has 13 rings (SSSR count). The van der Waals surface area contributed by atoms with E-state index in [1.807, 2.05) is 94.4 Å². The smallest absolute Gasteiger partial charge is 0.319 e. The van der Waals surface area contributed by atoms with E-state index >= 15 is 0 Å². The first-order chi connectivity index (χ1) is 42.1. The SMILES string of the molecule is Cc1ccc2[nH]ncc2c1-c1c(C2CC2)cc2c(N(C)[C@H](C)c3nccnc3N)nc(OC3CCOCC3)nc2c1OCc1ccc2c(c1)[nH]c(=O)c1nn(C(C(=O)N3C[C@H](O)C[C@H]3C(=O)N[C@@H](CO)c3ccc(-c4scnc4C)cc3)C(C)C)cc12. The number of carbonyl (C=O) groups is 2. The van der Waals surface area contributed by atoms with Gasteiger partial charge >= 0.3 is 6.01 Å². The number of aromatic amines is 2. The minimum absolute atomic E-state index is 0.00333. The van der Waals surface area contributed by atoms with E-state index in [-0.39, 0.29) is 61.7 Å². The second-order valence-corrected chi connectivity index (χ2v) is 24.4. The number of thiazole rings is 1. The molecule has 22 nitrogen and oxygen atoms in total. The van der Waals surface area contributed by atoms with Crippen molar-refractivity contribution in [2.45, 2.75) is 116 Å². The van der Waals surface area contributed by atoms with Crippen LogP contribution in [0.1, 0.15) is 111 Å². The van der Waals surface area contributed by atoms with E-state index in [9.17, 15) is 24.6 Å². The second-order valence-electron chi connectivity index (χ2n) is 23.5. The minimum atomic E-state index is -1.03. The summed E-state index contributed by atoms with van der Waals surface area (Å²) in [6.45, 7) is 10.5. The van der Waals surface area contributed by atoms with Gasteiger partial charge < -0.3 is 50.3 Å². The summed E-state index contributed by atoms with van der Waals surface area (Å²) in [5.74, 6) is 0.367. The lowest BCUT2D eigenvalue weighted by atomic mass is 9.89. The molecule has 0 radical (unpaired) electrons. The zero-order valence-corrected chi connectivity index (χ0v) is 50.0. The number of aliphatic hydroxyl groups excluding tert-OH is 2. The predicted octanol–water partition coefficient (Wildman–Crippen LogP) is 8.70. The number of pyridine rings is 1. The van der Waals surface area contributed by atoms with Gasteiger partial charge in [0.25, 0.3) is 5.56 Å². The summed E-state index contributed by atoms with van der Waals surface area (Å²) in [7, 11) is 1.95. The van der Waals surface area contributed by atoms with Crippen molar-refractivity contribution < 1.29 is 34.0 Å². The zero-order valence-electron chi connectivity index (χ0n) is 49.2. The molecule has 0 spiro atoms. The van der Waals surface area contributed by atoms with E-state index in [1.54, 1.807) is 24.1 Å². The largest absolute Gasteiger partial charge is 0.486 e. The van der Waals surface area contributed by atoms with Crippen molar-refractivity contribution >= 4 is 78.4 Å². The number of amides is 2. The molecule has 6 aromatic heterocycles. The molecule has 10 aromatic rings. The van der Waals surface area contributed by atoms with E-state index in [4.69, 9.17) is 35.0 Å². The van der Waals surface area contributed by atoms with Gasteiger partial charge in [0.1, 0.15) is 47.6 Å². The molecule has 4 aromatic carbocycles. The number of rotatable bonds is 18. The number of nitrogens with one attached hydrogen (secondary N) is 3. The van der Waals surface area contributed by atoms with Gasteiger partial charge in [-0.05, 0) is 97.0 Å². The molecular weight excluding hydrogens is 1120 g/mol. The maximum absolute atomic E-state index is 14.9. The highest BCUT2D eigenvalue weighted by Gasteiger charge is 2.43. The molecule has 448 valence electrons. The van der Waals surface area contributed by atoms with Crippen molar-refractivity contribution in [2.24, 2.45) is 5.92 Å². The van der Waals surface area contributed by atoms with Crippen molar-refractivity contribution in [1.29, 1.82) is 0 Å². The quantitative estimate of drug-likeness (QED) is 0.0468. The number of aryl methyl sites for hydroxylation is 2. The number of fused-ring (bicyclic) bond motifs is 5. The molecule has 7 N–H and O–H groups in total. The lowest BCUT2D eigenvalue weighted by Gasteiger charge is -2.30. The van der Waals surface area contributed by atoms with Gasteiger partial charge in [-0.2, -0.15) is 20.2 Å². The first-order valence-corrected chi connectivity index (χ1v) is 30.4. The van der Waals surface area contributed by atoms with Crippen LogP contribution in [0.5, 0.6) is 11.8 Å². The zero-order chi connectivity index (χ0) is 60.4. The van der Waals surface area contributed by atoms with Crippen LogP contribution in [0.25, 0.3) is 65.2 Å². The van der Waals surface area contributed by atoms with E-state index in [2.05, 4.69) is 54.5 Å². The van der Waals surface area contributed by atoms with Crippen LogP contribution in [-0.4, -0.2) is 128 Å². The first kappa shape index (κ1) is 57.2. The number of ether oxygens (including phenoxy) is 3. The molecule has 8 heterocycles. The molecule has 5 atom stereocenters. The normalized spacial score (nSPS) is 17.6. The van der Waals surface area contributed by atoms with Crippen molar-refractivity contribution in [1.82, 2.24) is 60.1 Å². The molecule has 1 unspecified atom stereocenters. The molecule has 2 saturated heterocycles. The number of aromatic nitrogens is 10. The number of hydrogen-bond acceptors (Lipinski definition) is 18. The first-order valence-electron chi connectivity index (χ1n) is 29.5. The molecule has 2 amide bonds. The Kier molecular flexibility index (Phi) is 15.4. The summed E-state index contributed by atoms with van der Waals surface area (Å²) < 4.78 is 21.2. The van der Waals surface area contributed by atoms with Crippen molar-refractivity contribution in [3.63, 3.8) is 0 Å². The van der Waals surface area contributed by atoms with Crippen LogP contribution < -0.4 is 31.0 Å². The number of anilines is 2. The van der Waals surface area contributed by atoms with Crippen LogP contribution in [0.15, 0.2) is 95.8 Å². The Morgan fingerprint density at radius 3 is 2.45 bits per heavy atom. The van der Waals surface area contributed by atoms with Crippen molar-refractivity contribution in [2.75, 3.05) is 44.0 Å². The molecule has 1 saturated carbocycles. The second kappa shape index (κ2) is 23.4. The number of likely N-dealkylation sites (tertiary alicyclic amines) is 1. The van der Waals surface area contributed by atoms with E-state index in [1.165, 1.54) is 20.9 Å². The fourth-order valence-electron chi connectivity index (χ4n) is 12.5. The van der Waals surface area contributed by atoms with Gasteiger partial charge in [-0.1, -0.05) is 56.3 Å². The number of nitrogens with zero attached hydrogens (tertiary/aromatic N) is 10. The Balaban J connectivity index is 0.844. The summed E-state index contributed by atoms with van der Waals surface area (Å²) in [6, 6.07) is 16.7. The molecule has 0 bridgehead atoms. The highest BCUT2D eigenvalue weighted by molar-refractivity contribution is 7.13. The summed E-state index contributed by atoms with van der Waals surface area (Å²) in [5.41, 5.74) is 17.7. The molecular formula is C64H68N14O8S. The van der Waals surface area contributed by atoms with Crippen LogP contribution in [0.2, 0.25) is 0 Å². The Morgan fingerprint density at radius 2 is 1.71 bits per heavy atom. The van der Waals surface area contributed by atoms with Gasteiger partial charge in [-0.15, -0.1) is 11.3 Å². The van der Waals surface area contributed by atoms with Gasteiger partial charge in [-0.25, -0.2) is 9.97 Å². The average molecular weight is 1190 g/mol. The number of H-pyrrole nitrogens is 2. The van der Waals surface area contributed by atoms with Crippen LogP contribution >= 0.6 is 11.3 Å². The van der Waals surface area contributed by atoms with Crippen LogP contribution in [0.4, 0.5) is 11.6 Å². The minimum Gasteiger partial charge on any atom is -0.486 e. The number of carbonyl (C=O) groups excluding carboxylic acids is 2. The highest BCUT2D eigenvalue weighted by atomic mass is 32.1. The number of nitrogens with two attached hydrogens (primary N) is 1. The Morgan fingerprint density at radius 1 is 0.920 bits per heavy atom. The molecule has 2 aliphatic heterocycles. The maximum Gasteiger partial charge on any atom is 0.319 e. The number of hydrogen-bond donors (Lipinski definition) is 6. The third-order valence-electron chi connectivity index (χ3n) is 17.3. The number of benzene rings is 4. The van der Waals surface area contributed by atoms with E-state index in [0.29, 0.717) is 76.5 Å². The monoisotopic (exact) mass is 1190 g/mol. The lowest BCUT2D eigenvalue weighted by Crippen LogP contribution is -2.50. The summed E-state index contributed by atoms with van der Waals surface area (Å²) in [5, 5.41) is 39.8. The topological polar surface area (TPSA) is 291 Å². The molecule has 23 heteroatoms. The molecule has 3 fully saturated rings. The summed E-state index contributed by atoms with van der Waals surface area (Å²) in [4.78, 5) is 74.5. The fourth-order valence-corrected chi connectivity index (χ4v) is 13.3. The predicted molar refractivity (Wildman–Crippen MR) is 332 cm³/mol. The van der Waals surface area contributed by atoms with Gasteiger partial charge in [0, 0.05) is 84.1 Å². The Labute approximate surface area is 504 Å². The van der Waals surface area contributed by atoms with Gasteiger partial charge in [0.15, 0.2) is 11.3 Å². The Bertz CT molecular complexity index is 4320. The van der Waals surface area contributed by atoms with Gasteiger partial charge in [-0.3, -0.25) is 29.1 Å². The Hall–Kier alpha value is -8.90. The van der Waals surface area contributed by atoms with Gasteiger partial charge in [0.05, 0.1) is 65.8 Å². The number of β-amino-alcohol motifs (C(OH)–C–C–N with tert-alkyl or cyclic N) is 1. The molecule has 1 aliphatic carbocycles. The van der Waals surface area contributed by atoms with Crippen LogP contribution in [-0.2, 0) is 20.9 Å².